The van der Waals surface area contributed by atoms with Gasteiger partial charge in [-0.05, 0) is 46.5 Å². The van der Waals surface area contributed by atoms with Crippen molar-refractivity contribution in [2.45, 2.75) is 52.1 Å². The van der Waals surface area contributed by atoms with Crippen molar-refractivity contribution in [2.24, 2.45) is 11.7 Å². The molecule has 1 saturated heterocycles. The summed E-state index contributed by atoms with van der Waals surface area (Å²) in [6.45, 7) is 8.66. The zero-order valence-electron chi connectivity index (χ0n) is 11.2. The molecule has 1 rings (SSSR count). The van der Waals surface area contributed by atoms with Crippen molar-refractivity contribution in [3.05, 3.63) is 0 Å². The van der Waals surface area contributed by atoms with Gasteiger partial charge in [-0.15, -0.1) is 0 Å². The zero-order chi connectivity index (χ0) is 13.3. The fourth-order valence-electron chi connectivity index (χ4n) is 2.09. The topological polar surface area (TPSA) is 75.4 Å². The summed E-state index contributed by atoms with van der Waals surface area (Å²) in [5.74, 6) is 0.441. The third-order valence-electron chi connectivity index (χ3n) is 3.02. The average molecular weight is 263 g/mol. The first kappa shape index (κ1) is 14.9. The zero-order valence-corrected chi connectivity index (χ0v) is 12.0. The molecule has 5 nitrogen and oxygen atoms in total. The Morgan fingerprint density at radius 2 is 1.76 bits per heavy atom. The van der Waals surface area contributed by atoms with Gasteiger partial charge in [0.1, 0.15) is 0 Å². The van der Waals surface area contributed by atoms with Crippen LogP contribution in [-0.4, -0.2) is 37.4 Å². The largest absolute Gasteiger partial charge is 0.328 e. The van der Waals surface area contributed by atoms with Gasteiger partial charge >= 0.3 is 0 Å². The van der Waals surface area contributed by atoms with Crippen LogP contribution in [0.2, 0.25) is 0 Å². The van der Waals surface area contributed by atoms with Crippen molar-refractivity contribution in [2.75, 3.05) is 13.1 Å². The summed E-state index contributed by atoms with van der Waals surface area (Å²) < 4.78 is 28.3. The monoisotopic (exact) mass is 263 g/mol. The number of hydrogen-bond donors (Lipinski definition) is 2. The van der Waals surface area contributed by atoms with Crippen LogP contribution in [0.25, 0.3) is 0 Å². The summed E-state index contributed by atoms with van der Waals surface area (Å²) in [6, 6.07) is 0.149. The SMILES string of the molecule is CC(N)C1CCN(S(=O)(=O)NC(C)(C)C)CC1. The van der Waals surface area contributed by atoms with Gasteiger partial charge < -0.3 is 5.73 Å². The Morgan fingerprint density at radius 3 is 2.12 bits per heavy atom. The summed E-state index contributed by atoms with van der Waals surface area (Å²) in [5, 5.41) is 0. The van der Waals surface area contributed by atoms with E-state index in [9.17, 15) is 8.42 Å². The fourth-order valence-corrected chi connectivity index (χ4v) is 3.69. The van der Waals surface area contributed by atoms with E-state index in [1.807, 2.05) is 27.7 Å². The van der Waals surface area contributed by atoms with E-state index in [0.29, 0.717) is 19.0 Å². The number of nitrogens with zero attached hydrogens (tertiary/aromatic N) is 1. The molecule has 1 atom stereocenters. The standard InChI is InChI=1S/C11H25N3O2S/c1-9(12)10-5-7-14(8-6-10)17(15,16)13-11(2,3)4/h9-10,13H,5-8,12H2,1-4H3. The van der Waals surface area contributed by atoms with Crippen LogP contribution in [0.15, 0.2) is 0 Å². The third kappa shape index (κ3) is 4.54. The molecule has 1 unspecified atom stereocenters. The van der Waals surface area contributed by atoms with Crippen LogP contribution >= 0.6 is 0 Å². The van der Waals surface area contributed by atoms with E-state index in [-0.39, 0.29) is 6.04 Å². The number of nitrogens with one attached hydrogen (secondary N) is 1. The normalized spacial score (nSPS) is 22.6. The van der Waals surface area contributed by atoms with E-state index >= 15 is 0 Å². The lowest BCUT2D eigenvalue weighted by Crippen LogP contribution is -2.51. The first-order valence-electron chi connectivity index (χ1n) is 6.16. The molecule has 102 valence electrons. The molecule has 0 amide bonds. The Labute approximate surface area is 105 Å². The molecule has 0 aromatic carbocycles. The summed E-state index contributed by atoms with van der Waals surface area (Å²) in [4.78, 5) is 0. The molecule has 6 heteroatoms. The minimum atomic E-state index is -3.35. The third-order valence-corrected chi connectivity index (χ3v) is 4.93. The van der Waals surface area contributed by atoms with E-state index in [4.69, 9.17) is 5.73 Å². The summed E-state index contributed by atoms with van der Waals surface area (Å²) >= 11 is 0. The second-order valence-electron chi connectivity index (χ2n) is 5.95. The first-order chi connectivity index (χ1) is 7.62. The quantitative estimate of drug-likeness (QED) is 0.786. The Balaban J connectivity index is 2.59. The van der Waals surface area contributed by atoms with Gasteiger partial charge in [0.05, 0.1) is 0 Å². The van der Waals surface area contributed by atoms with Gasteiger partial charge in [-0.2, -0.15) is 17.4 Å². The van der Waals surface area contributed by atoms with Crippen LogP contribution in [0.1, 0.15) is 40.5 Å². The molecule has 0 aliphatic carbocycles. The van der Waals surface area contributed by atoms with Crippen LogP contribution in [0.4, 0.5) is 0 Å². The molecule has 1 fully saturated rings. The molecule has 3 N–H and O–H groups in total. The number of rotatable bonds is 3. The van der Waals surface area contributed by atoms with E-state index < -0.39 is 15.7 Å². The molecule has 0 spiro atoms. The van der Waals surface area contributed by atoms with Crippen LogP contribution in [0.5, 0.6) is 0 Å². The van der Waals surface area contributed by atoms with Crippen molar-refractivity contribution in [3.63, 3.8) is 0 Å². The van der Waals surface area contributed by atoms with E-state index in [0.717, 1.165) is 12.8 Å². The lowest BCUT2D eigenvalue weighted by atomic mass is 9.92. The van der Waals surface area contributed by atoms with Crippen LogP contribution in [0.3, 0.4) is 0 Å². The second-order valence-corrected chi connectivity index (χ2v) is 7.62. The molecular formula is C11H25N3O2S. The van der Waals surface area contributed by atoms with Crippen LogP contribution in [0, 0.1) is 5.92 Å². The highest BCUT2D eigenvalue weighted by Crippen LogP contribution is 2.21. The average Bonchev–Trinajstić information content (AvgIpc) is 2.14. The minimum absolute atomic E-state index is 0.149. The van der Waals surface area contributed by atoms with Gasteiger partial charge in [0.25, 0.3) is 10.2 Å². The van der Waals surface area contributed by atoms with Gasteiger partial charge in [0, 0.05) is 24.7 Å². The van der Waals surface area contributed by atoms with Crippen molar-refractivity contribution >= 4 is 10.2 Å². The molecule has 17 heavy (non-hydrogen) atoms. The maximum Gasteiger partial charge on any atom is 0.279 e. The predicted molar refractivity (Wildman–Crippen MR) is 69.8 cm³/mol. The maximum atomic E-state index is 12.1. The highest BCUT2D eigenvalue weighted by molar-refractivity contribution is 7.87. The number of piperidine rings is 1. The number of nitrogens with two attached hydrogens (primary N) is 1. The predicted octanol–water partition coefficient (Wildman–Crippen LogP) is 0.679. The molecule has 0 aromatic rings. The summed E-state index contributed by atoms with van der Waals surface area (Å²) in [5.41, 5.74) is 5.41. The number of hydrogen-bond acceptors (Lipinski definition) is 3. The molecular weight excluding hydrogens is 238 g/mol. The van der Waals surface area contributed by atoms with E-state index in [1.165, 1.54) is 4.31 Å². The Kier molecular flexibility index (Phi) is 4.57. The molecule has 0 radical (unpaired) electrons. The van der Waals surface area contributed by atoms with Crippen LogP contribution in [-0.2, 0) is 10.2 Å². The highest BCUT2D eigenvalue weighted by Gasteiger charge is 2.31. The smallest absolute Gasteiger partial charge is 0.279 e. The molecule has 1 aliphatic rings. The fraction of sp³-hybridized carbons (Fsp3) is 1.00. The molecule has 0 bridgehead atoms. The molecule has 0 saturated carbocycles. The lowest BCUT2D eigenvalue weighted by Gasteiger charge is -2.34. The van der Waals surface area contributed by atoms with Crippen molar-refractivity contribution < 1.29 is 8.42 Å². The molecule has 0 aromatic heterocycles. The van der Waals surface area contributed by atoms with Gasteiger partial charge in [0.2, 0.25) is 0 Å². The first-order valence-corrected chi connectivity index (χ1v) is 7.60. The van der Waals surface area contributed by atoms with E-state index in [1.54, 1.807) is 0 Å². The van der Waals surface area contributed by atoms with Gasteiger partial charge in [-0.3, -0.25) is 0 Å². The summed E-state index contributed by atoms with van der Waals surface area (Å²) in [6.07, 6.45) is 1.70. The Hall–Kier alpha value is -0.170. The van der Waals surface area contributed by atoms with Gasteiger partial charge in [-0.25, -0.2) is 0 Å². The Bertz CT molecular complexity index is 338. The van der Waals surface area contributed by atoms with Gasteiger partial charge in [-0.1, -0.05) is 0 Å². The maximum absolute atomic E-state index is 12.1. The molecule has 1 heterocycles. The second kappa shape index (κ2) is 5.22. The molecule has 1 aliphatic heterocycles. The lowest BCUT2D eigenvalue weighted by molar-refractivity contribution is 0.246. The van der Waals surface area contributed by atoms with Gasteiger partial charge in [0.15, 0.2) is 0 Å². The van der Waals surface area contributed by atoms with Crippen LogP contribution < -0.4 is 10.5 Å². The Morgan fingerprint density at radius 1 is 1.29 bits per heavy atom. The van der Waals surface area contributed by atoms with Crippen molar-refractivity contribution in [3.8, 4) is 0 Å². The van der Waals surface area contributed by atoms with E-state index in [2.05, 4.69) is 4.72 Å². The minimum Gasteiger partial charge on any atom is -0.328 e. The van der Waals surface area contributed by atoms with Crippen molar-refractivity contribution in [1.29, 1.82) is 0 Å². The highest BCUT2D eigenvalue weighted by atomic mass is 32.2. The van der Waals surface area contributed by atoms with Crippen molar-refractivity contribution in [1.82, 2.24) is 9.03 Å². The summed E-state index contributed by atoms with van der Waals surface area (Å²) in [7, 11) is -3.35.